The van der Waals surface area contributed by atoms with Gasteiger partial charge >= 0.3 is 0 Å². The summed E-state index contributed by atoms with van der Waals surface area (Å²) in [7, 11) is 0. The highest BCUT2D eigenvalue weighted by atomic mass is 16.2. The van der Waals surface area contributed by atoms with Crippen molar-refractivity contribution in [3.05, 3.63) is 0 Å². The van der Waals surface area contributed by atoms with E-state index >= 15 is 0 Å². The summed E-state index contributed by atoms with van der Waals surface area (Å²) in [5.74, 6) is 0.199. The SMILES string of the molecule is CCC(C)(CC)NC(=O)C1CCCCC1N. The molecular formula is C13H26N2O. The molecule has 0 aliphatic heterocycles. The molecule has 1 aliphatic rings. The van der Waals surface area contributed by atoms with Gasteiger partial charge in [0.1, 0.15) is 0 Å². The topological polar surface area (TPSA) is 55.1 Å². The molecule has 1 saturated carbocycles. The average molecular weight is 226 g/mol. The average Bonchev–Trinajstić information content (AvgIpc) is 2.29. The fourth-order valence-electron chi connectivity index (χ4n) is 2.30. The van der Waals surface area contributed by atoms with Crippen LogP contribution in [-0.2, 0) is 4.79 Å². The Morgan fingerprint density at radius 3 is 2.38 bits per heavy atom. The summed E-state index contributed by atoms with van der Waals surface area (Å²) in [5.41, 5.74) is 5.96. The maximum atomic E-state index is 12.2. The molecule has 1 rings (SSSR count). The van der Waals surface area contributed by atoms with Crippen molar-refractivity contribution in [1.29, 1.82) is 0 Å². The summed E-state index contributed by atoms with van der Waals surface area (Å²) in [6.07, 6.45) is 6.20. The third kappa shape index (κ3) is 3.21. The van der Waals surface area contributed by atoms with Crippen molar-refractivity contribution < 1.29 is 4.79 Å². The number of carbonyl (C=O) groups is 1. The van der Waals surface area contributed by atoms with Crippen LogP contribution in [0, 0.1) is 5.92 Å². The molecule has 0 radical (unpaired) electrons. The van der Waals surface area contributed by atoms with Gasteiger partial charge in [-0.15, -0.1) is 0 Å². The predicted octanol–water partition coefficient (Wildman–Crippen LogP) is 2.20. The van der Waals surface area contributed by atoms with Crippen LogP contribution >= 0.6 is 0 Å². The van der Waals surface area contributed by atoms with E-state index in [0.29, 0.717) is 0 Å². The number of nitrogens with two attached hydrogens (primary N) is 1. The lowest BCUT2D eigenvalue weighted by Gasteiger charge is -2.34. The van der Waals surface area contributed by atoms with Crippen LogP contribution in [0.2, 0.25) is 0 Å². The molecule has 1 amide bonds. The predicted molar refractivity (Wildman–Crippen MR) is 67.1 cm³/mol. The molecule has 3 nitrogen and oxygen atoms in total. The smallest absolute Gasteiger partial charge is 0.225 e. The highest BCUT2D eigenvalue weighted by Gasteiger charge is 2.31. The minimum atomic E-state index is -0.0613. The molecule has 0 bridgehead atoms. The lowest BCUT2D eigenvalue weighted by atomic mass is 9.83. The summed E-state index contributed by atoms with van der Waals surface area (Å²) in [6, 6.07) is 0.0618. The molecule has 1 aliphatic carbocycles. The zero-order valence-corrected chi connectivity index (χ0v) is 10.9. The first-order valence-electron chi connectivity index (χ1n) is 6.60. The van der Waals surface area contributed by atoms with Crippen LogP contribution in [0.5, 0.6) is 0 Å². The van der Waals surface area contributed by atoms with Gasteiger partial charge in [-0.3, -0.25) is 4.79 Å². The highest BCUT2D eigenvalue weighted by Crippen LogP contribution is 2.24. The molecule has 3 N–H and O–H groups in total. The fourth-order valence-corrected chi connectivity index (χ4v) is 2.30. The Bertz CT molecular complexity index is 236. The second kappa shape index (κ2) is 5.67. The first-order chi connectivity index (χ1) is 7.52. The Kier molecular flexibility index (Phi) is 4.78. The Balaban J connectivity index is 2.56. The van der Waals surface area contributed by atoms with E-state index in [1.807, 2.05) is 0 Å². The number of rotatable bonds is 4. The summed E-state index contributed by atoms with van der Waals surface area (Å²) < 4.78 is 0. The molecule has 0 spiro atoms. The summed E-state index contributed by atoms with van der Waals surface area (Å²) in [5, 5.41) is 3.17. The van der Waals surface area contributed by atoms with E-state index < -0.39 is 0 Å². The highest BCUT2D eigenvalue weighted by molar-refractivity contribution is 5.80. The molecule has 2 atom stereocenters. The first kappa shape index (κ1) is 13.5. The molecule has 3 heteroatoms. The zero-order valence-electron chi connectivity index (χ0n) is 10.9. The van der Waals surface area contributed by atoms with E-state index in [2.05, 4.69) is 26.1 Å². The lowest BCUT2D eigenvalue weighted by Crippen LogP contribution is -2.51. The van der Waals surface area contributed by atoms with E-state index in [1.54, 1.807) is 0 Å². The van der Waals surface area contributed by atoms with Crippen LogP contribution in [-0.4, -0.2) is 17.5 Å². The van der Waals surface area contributed by atoms with Crippen LogP contribution in [0.4, 0.5) is 0 Å². The van der Waals surface area contributed by atoms with Crippen molar-refractivity contribution in [2.24, 2.45) is 11.7 Å². The number of nitrogens with one attached hydrogen (secondary N) is 1. The second-order valence-electron chi connectivity index (χ2n) is 5.31. The minimum absolute atomic E-state index is 0.0335. The normalized spacial score (nSPS) is 26.5. The van der Waals surface area contributed by atoms with Crippen molar-refractivity contribution in [1.82, 2.24) is 5.32 Å². The standard InChI is InChI=1S/C13H26N2O/c1-4-13(3,5-2)15-12(16)10-8-6-7-9-11(10)14/h10-11H,4-9,14H2,1-3H3,(H,15,16). The Morgan fingerprint density at radius 2 is 1.88 bits per heavy atom. The molecule has 0 aromatic rings. The molecule has 0 aromatic carbocycles. The second-order valence-corrected chi connectivity index (χ2v) is 5.31. The van der Waals surface area contributed by atoms with E-state index in [-0.39, 0.29) is 23.4 Å². The van der Waals surface area contributed by atoms with E-state index in [0.717, 1.165) is 32.1 Å². The molecule has 16 heavy (non-hydrogen) atoms. The number of carbonyl (C=O) groups excluding carboxylic acids is 1. The van der Waals surface area contributed by atoms with E-state index in [4.69, 9.17) is 5.73 Å². The Hall–Kier alpha value is -0.570. The number of amides is 1. The van der Waals surface area contributed by atoms with Crippen molar-refractivity contribution in [2.75, 3.05) is 0 Å². The Morgan fingerprint density at radius 1 is 1.31 bits per heavy atom. The van der Waals surface area contributed by atoms with Gasteiger partial charge in [-0.1, -0.05) is 26.7 Å². The van der Waals surface area contributed by atoms with Gasteiger partial charge < -0.3 is 11.1 Å². The number of hydrogen-bond acceptors (Lipinski definition) is 2. The molecule has 2 unspecified atom stereocenters. The van der Waals surface area contributed by atoms with Gasteiger partial charge in [-0.25, -0.2) is 0 Å². The zero-order chi connectivity index (χ0) is 12.2. The van der Waals surface area contributed by atoms with E-state index in [9.17, 15) is 4.79 Å². The van der Waals surface area contributed by atoms with Crippen LogP contribution in [0.3, 0.4) is 0 Å². The van der Waals surface area contributed by atoms with Crippen LogP contribution < -0.4 is 11.1 Å². The third-order valence-electron chi connectivity index (χ3n) is 4.14. The van der Waals surface area contributed by atoms with Crippen molar-refractivity contribution in [2.45, 2.75) is 70.9 Å². The van der Waals surface area contributed by atoms with Gasteiger partial charge in [0, 0.05) is 11.6 Å². The lowest BCUT2D eigenvalue weighted by molar-refractivity contribution is -0.128. The molecular weight excluding hydrogens is 200 g/mol. The monoisotopic (exact) mass is 226 g/mol. The third-order valence-corrected chi connectivity index (χ3v) is 4.14. The maximum absolute atomic E-state index is 12.2. The van der Waals surface area contributed by atoms with Gasteiger partial charge in [-0.05, 0) is 32.6 Å². The van der Waals surface area contributed by atoms with Crippen molar-refractivity contribution in [3.8, 4) is 0 Å². The first-order valence-corrected chi connectivity index (χ1v) is 6.60. The Labute approximate surface area is 99.2 Å². The largest absolute Gasteiger partial charge is 0.351 e. The summed E-state index contributed by atoms with van der Waals surface area (Å²) in [6.45, 7) is 6.34. The van der Waals surface area contributed by atoms with Gasteiger partial charge in [-0.2, -0.15) is 0 Å². The molecule has 0 saturated heterocycles. The quantitative estimate of drug-likeness (QED) is 0.772. The van der Waals surface area contributed by atoms with Crippen LogP contribution in [0.15, 0.2) is 0 Å². The summed E-state index contributed by atoms with van der Waals surface area (Å²) in [4.78, 5) is 12.2. The summed E-state index contributed by atoms with van der Waals surface area (Å²) >= 11 is 0. The fraction of sp³-hybridized carbons (Fsp3) is 0.923. The molecule has 0 heterocycles. The van der Waals surface area contributed by atoms with Crippen molar-refractivity contribution in [3.63, 3.8) is 0 Å². The molecule has 1 fully saturated rings. The maximum Gasteiger partial charge on any atom is 0.225 e. The minimum Gasteiger partial charge on any atom is -0.351 e. The molecule has 94 valence electrons. The van der Waals surface area contributed by atoms with Crippen LogP contribution in [0.25, 0.3) is 0 Å². The van der Waals surface area contributed by atoms with E-state index in [1.165, 1.54) is 6.42 Å². The van der Waals surface area contributed by atoms with Crippen molar-refractivity contribution >= 4 is 5.91 Å². The van der Waals surface area contributed by atoms with Gasteiger partial charge in [0.2, 0.25) is 5.91 Å². The van der Waals surface area contributed by atoms with Gasteiger partial charge in [0.25, 0.3) is 0 Å². The molecule has 0 aromatic heterocycles. The van der Waals surface area contributed by atoms with Gasteiger partial charge in [0.15, 0.2) is 0 Å². The van der Waals surface area contributed by atoms with Crippen LogP contribution in [0.1, 0.15) is 59.3 Å². The van der Waals surface area contributed by atoms with Gasteiger partial charge in [0.05, 0.1) is 5.92 Å². The number of hydrogen-bond donors (Lipinski definition) is 2.